The Kier molecular flexibility index (Phi) is 3.87. The summed E-state index contributed by atoms with van der Waals surface area (Å²) in [6.07, 6.45) is 1.34. The highest BCUT2D eigenvalue weighted by Crippen LogP contribution is 2.23. The number of rotatable bonds is 3. The molecule has 1 heterocycles. The third-order valence-electron chi connectivity index (χ3n) is 2.61. The topological polar surface area (TPSA) is 80.3 Å². The Labute approximate surface area is 120 Å². The van der Waals surface area contributed by atoms with Gasteiger partial charge in [0.25, 0.3) is 0 Å². The van der Waals surface area contributed by atoms with E-state index in [9.17, 15) is 16.8 Å². The van der Waals surface area contributed by atoms with Gasteiger partial charge in [0.2, 0.25) is 10.0 Å². The summed E-state index contributed by atoms with van der Waals surface area (Å²) in [5.41, 5.74) is 0.925. The Bertz CT molecular complexity index is 738. The fraction of sp³-hybridized carbons (Fsp3) is 0.273. The minimum absolute atomic E-state index is 0.0933. The molecule has 1 aromatic rings. The van der Waals surface area contributed by atoms with E-state index in [2.05, 4.69) is 20.7 Å². The highest BCUT2D eigenvalue weighted by atomic mass is 79.9. The fourth-order valence-corrected chi connectivity index (χ4v) is 5.46. The van der Waals surface area contributed by atoms with Crippen LogP contribution in [0.15, 0.2) is 39.1 Å². The number of hydrogen-bond donors (Lipinski definition) is 1. The molecule has 19 heavy (non-hydrogen) atoms. The highest BCUT2D eigenvalue weighted by Gasteiger charge is 2.27. The van der Waals surface area contributed by atoms with Crippen molar-refractivity contribution in [2.24, 2.45) is 0 Å². The molecule has 1 aliphatic heterocycles. The van der Waals surface area contributed by atoms with Gasteiger partial charge in [0, 0.05) is 9.88 Å². The molecule has 0 spiro atoms. The van der Waals surface area contributed by atoms with E-state index in [0.29, 0.717) is 4.47 Å². The second-order valence-corrected chi connectivity index (χ2v) is 8.79. The molecule has 0 saturated carbocycles. The van der Waals surface area contributed by atoms with Crippen molar-refractivity contribution in [3.63, 3.8) is 0 Å². The zero-order chi connectivity index (χ0) is 14.3. The quantitative estimate of drug-likeness (QED) is 0.876. The van der Waals surface area contributed by atoms with Crippen LogP contribution in [0.25, 0.3) is 0 Å². The number of sulfonamides is 1. The van der Waals surface area contributed by atoms with Gasteiger partial charge in [-0.2, -0.15) is 0 Å². The Morgan fingerprint density at radius 2 is 2.05 bits per heavy atom. The number of halogens is 1. The predicted octanol–water partition coefficient (Wildman–Crippen LogP) is 1.35. The monoisotopic (exact) mass is 365 g/mol. The van der Waals surface area contributed by atoms with Crippen LogP contribution in [0.3, 0.4) is 0 Å². The Morgan fingerprint density at radius 3 is 2.58 bits per heavy atom. The summed E-state index contributed by atoms with van der Waals surface area (Å²) in [5, 5.41) is 1.03. The Morgan fingerprint density at radius 1 is 1.37 bits per heavy atom. The molecule has 0 aliphatic carbocycles. The van der Waals surface area contributed by atoms with Gasteiger partial charge >= 0.3 is 0 Å². The Hall–Kier alpha value is -0.700. The fourth-order valence-electron chi connectivity index (χ4n) is 1.74. The normalized spacial score (nSPS) is 21.7. The van der Waals surface area contributed by atoms with E-state index < -0.39 is 25.9 Å². The zero-order valence-electron chi connectivity index (χ0n) is 10.00. The van der Waals surface area contributed by atoms with E-state index in [0.717, 1.165) is 11.0 Å². The standard InChI is InChI=1S/C11H12BrNO4S2/c1-8-2-3-11(10(12)6-8)19(16,17)13-9-4-5-18(14,15)7-9/h2-6,9,13H,7H2,1H3. The van der Waals surface area contributed by atoms with Gasteiger partial charge in [-0.25, -0.2) is 21.6 Å². The maximum absolute atomic E-state index is 12.2. The van der Waals surface area contributed by atoms with E-state index in [1.807, 2.05) is 6.92 Å². The number of sulfone groups is 1. The molecule has 0 aromatic heterocycles. The summed E-state index contributed by atoms with van der Waals surface area (Å²) in [6, 6.07) is 4.13. The molecule has 8 heteroatoms. The molecule has 0 fully saturated rings. The van der Waals surface area contributed by atoms with Crippen LogP contribution in [-0.2, 0) is 19.9 Å². The van der Waals surface area contributed by atoms with Crippen molar-refractivity contribution in [1.29, 1.82) is 0 Å². The van der Waals surface area contributed by atoms with Crippen molar-refractivity contribution in [3.8, 4) is 0 Å². The van der Waals surface area contributed by atoms with Crippen molar-refractivity contribution in [2.45, 2.75) is 17.9 Å². The van der Waals surface area contributed by atoms with Crippen molar-refractivity contribution < 1.29 is 16.8 Å². The molecule has 0 bridgehead atoms. The van der Waals surface area contributed by atoms with Crippen LogP contribution in [0.4, 0.5) is 0 Å². The largest absolute Gasteiger partial charge is 0.242 e. The predicted molar refractivity (Wildman–Crippen MR) is 75.9 cm³/mol. The second-order valence-electron chi connectivity index (χ2n) is 4.32. The van der Waals surface area contributed by atoms with Gasteiger partial charge in [0.05, 0.1) is 16.7 Å². The van der Waals surface area contributed by atoms with Crippen molar-refractivity contribution in [2.75, 3.05) is 5.75 Å². The summed E-state index contributed by atoms with van der Waals surface area (Å²) >= 11 is 3.20. The lowest BCUT2D eigenvalue weighted by Gasteiger charge is -2.12. The first-order valence-electron chi connectivity index (χ1n) is 5.39. The summed E-state index contributed by atoms with van der Waals surface area (Å²) in [4.78, 5) is 0.0933. The summed E-state index contributed by atoms with van der Waals surface area (Å²) in [6.45, 7) is 1.85. The third kappa shape index (κ3) is 3.44. The maximum atomic E-state index is 12.2. The zero-order valence-corrected chi connectivity index (χ0v) is 13.2. The molecule has 5 nitrogen and oxygen atoms in total. The van der Waals surface area contributed by atoms with Gasteiger partial charge in [-0.05, 0) is 40.5 Å². The molecular weight excluding hydrogens is 354 g/mol. The molecule has 1 aliphatic rings. The van der Waals surface area contributed by atoms with E-state index in [-0.39, 0.29) is 10.6 Å². The number of aryl methyl sites for hydroxylation is 1. The first kappa shape index (κ1) is 14.7. The van der Waals surface area contributed by atoms with Gasteiger partial charge < -0.3 is 0 Å². The minimum atomic E-state index is -3.75. The van der Waals surface area contributed by atoms with Crippen LogP contribution >= 0.6 is 15.9 Å². The van der Waals surface area contributed by atoms with Crippen molar-refractivity contribution >= 4 is 35.8 Å². The highest BCUT2D eigenvalue weighted by molar-refractivity contribution is 9.10. The molecular formula is C11H12BrNO4S2. The first-order valence-corrected chi connectivity index (χ1v) is 9.38. The van der Waals surface area contributed by atoms with Gasteiger partial charge in [-0.1, -0.05) is 12.1 Å². The first-order chi connectivity index (χ1) is 8.70. The average molecular weight is 366 g/mol. The van der Waals surface area contributed by atoms with E-state index >= 15 is 0 Å². The van der Waals surface area contributed by atoms with Crippen molar-refractivity contribution in [3.05, 3.63) is 39.7 Å². The summed E-state index contributed by atoms with van der Waals surface area (Å²) in [5.74, 6) is -0.240. The molecule has 104 valence electrons. The number of nitrogens with one attached hydrogen (secondary N) is 1. The molecule has 0 amide bonds. The number of benzene rings is 1. The lowest BCUT2D eigenvalue weighted by Crippen LogP contribution is -2.35. The van der Waals surface area contributed by atoms with Gasteiger partial charge in [0.15, 0.2) is 9.84 Å². The SMILES string of the molecule is Cc1ccc(S(=O)(=O)NC2C=CS(=O)(=O)C2)c(Br)c1. The van der Waals surface area contributed by atoms with Crippen LogP contribution < -0.4 is 4.72 Å². The number of hydrogen-bond acceptors (Lipinski definition) is 4. The maximum Gasteiger partial charge on any atom is 0.242 e. The summed E-state index contributed by atoms with van der Waals surface area (Å²) < 4.78 is 49.6. The van der Waals surface area contributed by atoms with E-state index in [4.69, 9.17) is 0 Å². The molecule has 1 N–H and O–H groups in total. The van der Waals surface area contributed by atoms with E-state index in [1.165, 1.54) is 12.1 Å². The molecule has 0 saturated heterocycles. The lowest BCUT2D eigenvalue weighted by molar-refractivity contribution is 0.574. The van der Waals surface area contributed by atoms with Crippen LogP contribution in [0.1, 0.15) is 5.56 Å². The molecule has 1 aromatic carbocycles. The van der Waals surface area contributed by atoms with Crippen LogP contribution in [0.5, 0.6) is 0 Å². The van der Waals surface area contributed by atoms with Crippen LogP contribution in [0.2, 0.25) is 0 Å². The van der Waals surface area contributed by atoms with Gasteiger partial charge in [-0.3, -0.25) is 0 Å². The lowest BCUT2D eigenvalue weighted by atomic mass is 10.2. The Balaban J connectivity index is 2.27. The smallest absolute Gasteiger partial charge is 0.224 e. The third-order valence-corrected chi connectivity index (χ3v) is 6.48. The molecule has 1 unspecified atom stereocenters. The molecule has 1 atom stereocenters. The molecule has 0 radical (unpaired) electrons. The average Bonchev–Trinajstić information content (AvgIpc) is 2.56. The van der Waals surface area contributed by atoms with Crippen LogP contribution in [0, 0.1) is 6.92 Å². The van der Waals surface area contributed by atoms with Crippen molar-refractivity contribution in [1.82, 2.24) is 4.72 Å². The van der Waals surface area contributed by atoms with Gasteiger partial charge in [0.1, 0.15) is 0 Å². The molecule has 2 rings (SSSR count). The van der Waals surface area contributed by atoms with Gasteiger partial charge in [-0.15, -0.1) is 0 Å². The van der Waals surface area contributed by atoms with E-state index in [1.54, 1.807) is 12.1 Å². The second kappa shape index (κ2) is 5.01. The van der Waals surface area contributed by atoms with Crippen LogP contribution in [-0.4, -0.2) is 28.6 Å². The minimum Gasteiger partial charge on any atom is -0.224 e. The summed E-state index contributed by atoms with van der Waals surface area (Å²) in [7, 11) is -7.04.